The first kappa shape index (κ1) is 23.7. The van der Waals surface area contributed by atoms with Crippen LogP contribution in [-0.4, -0.2) is 50.0 Å². The molecule has 5 rings (SSSR count). The van der Waals surface area contributed by atoms with Crippen LogP contribution in [0.25, 0.3) is 0 Å². The first-order valence-corrected chi connectivity index (χ1v) is 12.4. The summed E-state index contributed by atoms with van der Waals surface area (Å²) in [5, 5.41) is 2.45. The van der Waals surface area contributed by atoms with Gasteiger partial charge in [0.1, 0.15) is 12.6 Å². The summed E-state index contributed by atoms with van der Waals surface area (Å²) in [5.41, 5.74) is 4.13. The van der Waals surface area contributed by atoms with Gasteiger partial charge in [0.15, 0.2) is 0 Å². The standard InChI is InChI=1S/C27H31F2N3O3/c28-27(29,18-35-17-19-5-2-1-3-6-19)20-11-14-31(15-12-20)22-7-4-8-23-21(22)13-16-32(23)24-9-10-25(33)30-26(24)34/h1-8,20,24H,9-18H2,(H,30,33,34). The Bertz CT molecular complexity index is 1070. The second kappa shape index (κ2) is 9.93. The fourth-order valence-corrected chi connectivity index (χ4v) is 5.58. The fraction of sp³-hybridized carbons (Fsp3) is 0.481. The van der Waals surface area contributed by atoms with Crippen molar-refractivity contribution in [2.45, 2.75) is 50.7 Å². The van der Waals surface area contributed by atoms with E-state index in [4.69, 9.17) is 4.74 Å². The summed E-state index contributed by atoms with van der Waals surface area (Å²) in [5.74, 6) is -4.02. The van der Waals surface area contributed by atoms with E-state index >= 15 is 0 Å². The number of carbonyl (C=O) groups excluding carboxylic acids is 2. The Morgan fingerprint density at radius 2 is 1.66 bits per heavy atom. The molecular weight excluding hydrogens is 452 g/mol. The van der Waals surface area contributed by atoms with E-state index in [1.165, 1.54) is 0 Å². The molecule has 186 valence electrons. The van der Waals surface area contributed by atoms with Gasteiger partial charge in [-0.3, -0.25) is 14.9 Å². The van der Waals surface area contributed by atoms with Gasteiger partial charge in [0.25, 0.3) is 5.92 Å². The molecule has 3 heterocycles. The van der Waals surface area contributed by atoms with Crippen molar-refractivity contribution in [1.29, 1.82) is 0 Å². The van der Waals surface area contributed by atoms with Crippen LogP contribution in [-0.2, 0) is 27.4 Å². The van der Waals surface area contributed by atoms with Gasteiger partial charge in [-0.1, -0.05) is 36.4 Å². The van der Waals surface area contributed by atoms with Gasteiger partial charge >= 0.3 is 0 Å². The highest BCUT2D eigenvalue weighted by Crippen LogP contribution is 2.40. The number of fused-ring (bicyclic) bond motifs is 1. The molecule has 2 fully saturated rings. The van der Waals surface area contributed by atoms with Gasteiger partial charge in [-0.2, -0.15) is 0 Å². The molecule has 35 heavy (non-hydrogen) atoms. The quantitative estimate of drug-likeness (QED) is 0.605. The van der Waals surface area contributed by atoms with Crippen molar-refractivity contribution in [3.8, 4) is 0 Å². The van der Waals surface area contributed by atoms with Crippen LogP contribution >= 0.6 is 0 Å². The highest BCUT2D eigenvalue weighted by Gasteiger charge is 2.42. The summed E-state index contributed by atoms with van der Waals surface area (Å²) in [6.07, 6.45) is 2.47. The maximum atomic E-state index is 14.9. The zero-order valence-corrected chi connectivity index (χ0v) is 19.7. The molecule has 1 unspecified atom stereocenters. The van der Waals surface area contributed by atoms with E-state index in [0.29, 0.717) is 45.3 Å². The number of amides is 2. The smallest absolute Gasteiger partial charge is 0.273 e. The molecule has 2 aromatic carbocycles. The summed E-state index contributed by atoms with van der Waals surface area (Å²) < 4.78 is 35.1. The molecule has 3 aliphatic rings. The molecule has 0 saturated carbocycles. The Hall–Kier alpha value is -3.00. The monoisotopic (exact) mass is 483 g/mol. The van der Waals surface area contributed by atoms with Crippen LogP contribution in [0.4, 0.5) is 20.2 Å². The van der Waals surface area contributed by atoms with Crippen molar-refractivity contribution in [3.05, 3.63) is 59.7 Å². The lowest BCUT2D eigenvalue weighted by Crippen LogP contribution is -2.52. The van der Waals surface area contributed by atoms with E-state index in [1.54, 1.807) is 0 Å². The third kappa shape index (κ3) is 5.03. The number of benzene rings is 2. The van der Waals surface area contributed by atoms with Crippen molar-refractivity contribution in [2.75, 3.05) is 36.0 Å². The predicted octanol–water partition coefficient (Wildman–Crippen LogP) is 3.92. The Morgan fingerprint density at radius 3 is 2.40 bits per heavy atom. The number of carbonyl (C=O) groups is 2. The van der Waals surface area contributed by atoms with E-state index < -0.39 is 18.4 Å². The Morgan fingerprint density at radius 1 is 0.914 bits per heavy atom. The van der Waals surface area contributed by atoms with E-state index in [9.17, 15) is 18.4 Å². The molecule has 0 aliphatic carbocycles. The zero-order valence-electron chi connectivity index (χ0n) is 19.7. The minimum Gasteiger partial charge on any atom is -0.371 e. The highest BCUT2D eigenvalue weighted by molar-refractivity contribution is 6.02. The lowest BCUT2D eigenvalue weighted by Gasteiger charge is -2.38. The molecule has 0 radical (unpaired) electrons. The maximum Gasteiger partial charge on any atom is 0.273 e. The van der Waals surface area contributed by atoms with E-state index in [0.717, 1.165) is 28.9 Å². The Kier molecular flexibility index (Phi) is 6.73. The normalized spacial score (nSPS) is 21.3. The summed E-state index contributed by atoms with van der Waals surface area (Å²) in [6, 6.07) is 15.1. The van der Waals surface area contributed by atoms with E-state index in [-0.39, 0.29) is 24.5 Å². The minimum atomic E-state index is -2.86. The topological polar surface area (TPSA) is 61.9 Å². The van der Waals surface area contributed by atoms with Crippen LogP contribution in [0.15, 0.2) is 48.5 Å². The average molecular weight is 484 g/mol. The van der Waals surface area contributed by atoms with Crippen molar-refractivity contribution in [1.82, 2.24) is 5.32 Å². The van der Waals surface area contributed by atoms with Crippen molar-refractivity contribution in [3.63, 3.8) is 0 Å². The summed E-state index contributed by atoms with van der Waals surface area (Å²) in [4.78, 5) is 28.2. The SMILES string of the molecule is O=C1CCC(N2CCc3c(N4CCC(C(F)(F)COCc5ccccc5)CC4)cccc32)C(=O)N1. The maximum absolute atomic E-state index is 14.9. The minimum absolute atomic E-state index is 0.190. The Labute approximate surface area is 204 Å². The van der Waals surface area contributed by atoms with Gasteiger partial charge in [-0.25, -0.2) is 8.78 Å². The van der Waals surface area contributed by atoms with Crippen molar-refractivity contribution >= 4 is 23.2 Å². The molecule has 2 aromatic rings. The number of hydrogen-bond acceptors (Lipinski definition) is 5. The molecular formula is C27H31F2N3O3. The fourth-order valence-electron chi connectivity index (χ4n) is 5.58. The van der Waals surface area contributed by atoms with Gasteiger partial charge in [-0.15, -0.1) is 0 Å². The number of nitrogens with one attached hydrogen (secondary N) is 1. The number of hydrogen-bond donors (Lipinski definition) is 1. The number of halogens is 2. The molecule has 6 nitrogen and oxygen atoms in total. The largest absolute Gasteiger partial charge is 0.371 e. The van der Waals surface area contributed by atoms with Crippen molar-refractivity contribution < 1.29 is 23.1 Å². The number of anilines is 2. The molecule has 0 bridgehead atoms. The first-order chi connectivity index (χ1) is 16.9. The summed E-state index contributed by atoms with van der Waals surface area (Å²) >= 11 is 0. The van der Waals surface area contributed by atoms with Crippen LogP contribution in [0.1, 0.15) is 36.8 Å². The Balaban J connectivity index is 1.20. The molecule has 1 N–H and O–H groups in total. The summed E-state index contributed by atoms with van der Waals surface area (Å²) in [7, 11) is 0. The van der Waals surface area contributed by atoms with Crippen LogP contribution in [0.5, 0.6) is 0 Å². The van der Waals surface area contributed by atoms with Crippen LogP contribution in [0.3, 0.4) is 0 Å². The molecule has 2 saturated heterocycles. The second-order valence-corrected chi connectivity index (χ2v) is 9.69. The third-order valence-electron chi connectivity index (χ3n) is 7.46. The molecule has 2 amide bonds. The molecule has 0 spiro atoms. The van der Waals surface area contributed by atoms with E-state index in [1.807, 2.05) is 48.5 Å². The van der Waals surface area contributed by atoms with Gasteiger partial charge in [0, 0.05) is 48.9 Å². The molecule has 0 aromatic heterocycles. The van der Waals surface area contributed by atoms with Gasteiger partial charge < -0.3 is 14.5 Å². The predicted molar refractivity (Wildman–Crippen MR) is 130 cm³/mol. The lowest BCUT2D eigenvalue weighted by atomic mass is 9.90. The number of rotatable bonds is 7. The number of piperidine rings is 2. The average Bonchev–Trinajstić information content (AvgIpc) is 3.29. The van der Waals surface area contributed by atoms with Gasteiger partial charge in [0.2, 0.25) is 11.8 Å². The zero-order chi connectivity index (χ0) is 24.4. The number of alkyl halides is 2. The van der Waals surface area contributed by atoms with E-state index in [2.05, 4.69) is 15.1 Å². The first-order valence-electron chi connectivity index (χ1n) is 12.4. The van der Waals surface area contributed by atoms with Crippen molar-refractivity contribution in [2.24, 2.45) is 5.92 Å². The number of imide groups is 1. The number of ether oxygens (including phenoxy) is 1. The van der Waals surface area contributed by atoms with Crippen LogP contribution in [0.2, 0.25) is 0 Å². The third-order valence-corrected chi connectivity index (χ3v) is 7.46. The van der Waals surface area contributed by atoms with Gasteiger partial charge in [-0.05, 0) is 43.4 Å². The van der Waals surface area contributed by atoms with Crippen LogP contribution in [0, 0.1) is 5.92 Å². The second-order valence-electron chi connectivity index (χ2n) is 9.69. The lowest BCUT2D eigenvalue weighted by molar-refractivity contribution is -0.134. The summed E-state index contributed by atoms with van der Waals surface area (Å²) in [6.45, 7) is 1.47. The molecule has 8 heteroatoms. The van der Waals surface area contributed by atoms with Gasteiger partial charge in [0.05, 0.1) is 6.61 Å². The highest BCUT2D eigenvalue weighted by atomic mass is 19.3. The molecule has 3 aliphatic heterocycles. The van der Waals surface area contributed by atoms with Crippen LogP contribution < -0.4 is 15.1 Å². The molecule has 1 atom stereocenters. The number of nitrogens with zero attached hydrogens (tertiary/aromatic N) is 2.